The van der Waals surface area contributed by atoms with E-state index in [4.69, 9.17) is 14.7 Å². The van der Waals surface area contributed by atoms with Crippen LogP contribution in [0.25, 0.3) is 6.08 Å². The van der Waals surface area contributed by atoms with Crippen LogP contribution in [0.1, 0.15) is 12.5 Å². The largest absolute Gasteiger partial charge is 0.462 e. The fourth-order valence-electron chi connectivity index (χ4n) is 1.81. The Hall–Kier alpha value is -3.73. The molecular weight excluding hydrogens is 326 g/mol. The summed E-state index contributed by atoms with van der Waals surface area (Å²) in [6, 6.07) is 11.0. The number of carbonyl (C=O) groups is 1. The number of rotatable bonds is 6. The van der Waals surface area contributed by atoms with Crippen LogP contribution >= 0.6 is 0 Å². The minimum Gasteiger partial charge on any atom is -0.462 e. The molecule has 0 unspecified atom stereocenters. The molecule has 0 amide bonds. The lowest BCUT2D eigenvalue weighted by molar-refractivity contribution is -0.385. The van der Waals surface area contributed by atoms with Crippen molar-refractivity contribution in [3.05, 3.63) is 63.8 Å². The number of carbonyl (C=O) groups excluding carboxylic acids is 1. The van der Waals surface area contributed by atoms with Crippen LogP contribution in [0.2, 0.25) is 0 Å². The summed E-state index contributed by atoms with van der Waals surface area (Å²) >= 11 is 0. The molecular formula is C17H13N3O5. The van der Waals surface area contributed by atoms with Crippen LogP contribution < -0.4 is 4.74 Å². The first kappa shape index (κ1) is 17.6. The molecule has 0 aliphatic carbocycles. The Bertz CT molecular complexity index is 836. The van der Waals surface area contributed by atoms with Crippen molar-refractivity contribution in [2.45, 2.75) is 6.92 Å². The third kappa shape index (κ3) is 4.87. The fourth-order valence-corrected chi connectivity index (χ4v) is 1.81. The van der Waals surface area contributed by atoms with E-state index in [1.165, 1.54) is 18.2 Å². The van der Waals surface area contributed by atoms with Crippen molar-refractivity contribution in [3.8, 4) is 17.7 Å². The van der Waals surface area contributed by atoms with Gasteiger partial charge in [0.1, 0.15) is 23.6 Å². The van der Waals surface area contributed by atoms with Gasteiger partial charge in [-0.1, -0.05) is 12.1 Å². The molecule has 126 valence electrons. The predicted octanol–water partition coefficient (Wildman–Crippen LogP) is 3.25. The van der Waals surface area contributed by atoms with Crippen molar-refractivity contribution in [3.63, 3.8) is 0 Å². The first-order valence-electron chi connectivity index (χ1n) is 7.20. The van der Waals surface area contributed by atoms with Crippen molar-refractivity contribution in [1.82, 2.24) is 4.98 Å². The van der Waals surface area contributed by atoms with E-state index in [-0.39, 0.29) is 23.7 Å². The molecule has 0 spiro atoms. The molecule has 0 fully saturated rings. The number of hydrogen-bond acceptors (Lipinski definition) is 7. The summed E-state index contributed by atoms with van der Waals surface area (Å²) in [6.45, 7) is 1.85. The third-order valence-corrected chi connectivity index (χ3v) is 2.96. The Morgan fingerprint density at radius 3 is 2.56 bits per heavy atom. The van der Waals surface area contributed by atoms with Gasteiger partial charge in [-0.25, -0.2) is 9.78 Å². The average molecular weight is 339 g/mol. The van der Waals surface area contributed by atoms with E-state index in [0.717, 1.165) is 6.20 Å². The highest BCUT2D eigenvalue weighted by molar-refractivity contribution is 5.97. The summed E-state index contributed by atoms with van der Waals surface area (Å²) in [4.78, 5) is 25.4. The molecule has 1 aromatic carbocycles. The summed E-state index contributed by atoms with van der Waals surface area (Å²) in [5.74, 6) is -0.0216. The Kier molecular flexibility index (Phi) is 5.79. The Balaban J connectivity index is 2.10. The van der Waals surface area contributed by atoms with Gasteiger partial charge < -0.3 is 9.47 Å². The SMILES string of the molecule is CCOC(=O)/C(C#N)=C/c1ccc(Oc2ccc([N+](=O)[O-])cn2)cc1. The highest BCUT2D eigenvalue weighted by atomic mass is 16.6. The number of aromatic nitrogens is 1. The summed E-state index contributed by atoms with van der Waals surface area (Å²) in [6.07, 6.45) is 2.51. The topological polar surface area (TPSA) is 115 Å². The van der Waals surface area contributed by atoms with E-state index < -0.39 is 10.9 Å². The standard InChI is InChI=1S/C17H13N3O5/c1-2-24-17(21)13(10-18)9-12-3-6-15(7-4-12)25-16-8-5-14(11-19-16)20(22)23/h3-9,11H,2H2,1H3/b13-9+. The van der Waals surface area contributed by atoms with E-state index in [1.54, 1.807) is 37.3 Å². The van der Waals surface area contributed by atoms with Crippen LogP contribution in [0.5, 0.6) is 11.6 Å². The Labute approximate surface area is 143 Å². The second-order valence-corrected chi connectivity index (χ2v) is 4.67. The van der Waals surface area contributed by atoms with Gasteiger partial charge in [0.05, 0.1) is 11.5 Å². The minimum atomic E-state index is -0.680. The van der Waals surface area contributed by atoms with Gasteiger partial charge in [-0.15, -0.1) is 0 Å². The smallest absolute Gasteiger partial charge is 0.348 e. The number of esters is 1. The number of nitrogens with zero attached hydrogens (tertiary/aromatic N) is 3. The van der Waals surface area contributed by atoms with E-state index in [2.05, 4.69) is 4.98 Å². The van der Waals surface area contributed by atoms with Gasteiger partial charge in [0.25, 0.3) is 5.69 Å². The van der Waals surface area contributed by atoms with Crippen molar-refractivity contribution in [2.24, 2.45) is 0 Å². The molecule has 1 aromatic heterocycles. The summed E-state index contributed by atoms with van der Waals surface area (Å²) < 4.78 is 10.3. The monoisotopic (exact) mass is 339 g/mol. The first-order valence-corrected chi connectivity index (χ1v) is 7.20. The van der Waals surface area contributed by atoms with E-state index in [9.17, 15) is 14.9 Å². The molecule has 0 aliphatic heterocycles. The lowest BCUT2D eigenvalue weighted by Crippen LogP contribution is -2.05. The van der Waals surface area contributed by atoms with Gasteiger partial charge in [0.15, 0.2) is 0 Å². The van der Waals surface area contributed by atoms with Crippen LogP contribution in [0.4, 0.5) is 5.69 Å². The van der Waals surface area contributed by atoms with Gasteiger partial charge in [0, 0.05) is 12.1 Å². The molecule has 0 bridgehead atoms. The molecule has 8 heteroatoms. The molecule has 0 saturated carbocycles. The average Bonchev–Trinajstić information content (AvgIpc) is 2.61. The van der Waals surface area contributed by atoms with Crippen LogP contribution in [0.3, 0.4) is 0 Å². The van der Waals surface area contributed by atoms with E-state index in [1.807, 2.05) is 0 Å². The summed E-state index contributed by atoms with van der Waals surface area (Å²) in [5.41, 5.74) is 0.386. The van der Waals surface area contributed by atoms with E-state index in [0.29, 0.717) is 11.3 Å². The number of ether oxygens (including phenoxy) is 2. The Morgan fingerprint density at radius 1 is 1.32 bits per heavy atom. The van der Waals surface area contributed by atoms with Gasteiger partial charge in [-0.3, -0.25) is 10.1 Å². The molecule has 2 aromatic rings. The molecule has 1 heterocycles. The van der Waals surface area contributed by atoms with Crippen LogP contribution in [-0.2, 0) is 9.53 Å². The van der Waals surface area contributed by atoms with Crippen molar-refractivity contribution < 1.29 is 19.2 Å². The number of benzene rings is 1. The van der Waals surface area contributed by atoms with Gasteiger partial charge in [-0.2, -0.15) is 5.26 Å². The zero-order valence-corrected chi connectivity index (χ0v) is 13.2. The number of nitro groups is 1. The normalized spacial score (nSPS) is 10.6. The lowest BCUT2D eigenvalue weighted by atomic mass is 10.1. The fraction of sp³-hybridized carbons (Fsp3) is 0.118. The highest BCUT2D eigenvalue weighted by Gasteiger charge is 2.10. The summed E-state index contributed by atoms with van der Waals surface area (Å²) in [7, 11) is 0. The molecule has 8 nitrogen and oxygen atoms in total. The molecule has 0 atom stereocenters. The second kappa shape index (κ2) is 8.21. The van der Waals surface area contributed by atoms with Crippen molar-refractivity contribution in [1.29, 1.82) is 5.26 Å². The molecule has 0 N–H and O–H groups in total. The van der Waals surface area contributed by atoms with Crippen LogP contribution in [0, 0.1) is 21.4 Å². The molecule has 0 saturated heterocycles. The number of nitriles is 1. The van der Waals surface area contributed by atoms with Gasteiger partial charge in [0.2, 0.25) is 5.88 Å². The third-order valence-electron chi connectivity index (χ3n) is 2.96. The molecule has 0 aliphatic rings. The minimum absolute atomic E-state index is 0.104. The maximum atomic E-state index is 11.6. The first-order chi connectivity index (χ1) is 12.0. The highest BCUT2D eigenvalue weighted by Crippen LogP contribution is 2.22. The molecule has 2 rings (SSSR count). The lowest BCUT2D eigenvalue weighted by Gasteiger charge is -2.05. The number of pyridine rings is 1. The zero-order chi connectivity index (χ0) is 18.2. The number of hydrogen-bond donors (Lipinski definition) is 0. The molecule has 0 radical (unpaired) electrons. The van der Waals surface area contributed by atoms with Crippen LogP contribution in [-0.4, -0.2) is 22.5 Å². The van der Waals surface area contributed by atoms with Crippen LogP contribution in [0.15, 0.2) is 48.2 Å². The second-order valence-electron chi connectivity index (χ2n) is 4.67. The zero-order valence-electron chi connectivity index (χ0n) is 13.2. The molecule has 25 heavy (non-hydrogen) atoms. The van der Waals surface area contributed by atoms with Crippen molar-refractivity contribution in [2.75, 3.05) is 6.61 Å². The summed E-state index contributed by atoms with van der Waals surface area (Å²) in [5, 5.41) is 19.6. The van der Waals surface area contributed by atoms with Crippen molar-refractivity contribution >= 4 is 17.7 Å². The maximum Gasteiger partial charge on any atom is 0.348 e. The quantitative estimate of drug-likeness (QED) is 0.261. The van der Waals surface area contributed by atoms with Gasteiger partial charge >= 0.3 is 5.97 Å². The maximum absolute atomic E-state index is 11.6. The van der Waals surface area contributed by atoms with Gasteiger partial charge in [-0.05, 0) is 30.7 Å². The predicted molar refractivity (Wildman–Crippen MR) is 87.6 cm³/mol. The van der Waals surface area contributed by atoms with E-state index >= 15 is 0 Å². The Morgan fingerprint density at radius 2 is 2.04 bits per heavy atom.